The molecule has 1 saturated heterocycles. The van der Waals surface area contributed by atoms with Crippen LogP contribution in [0.2, 0.25) is 5.02 Å². The van der Waals surface area contributed by atoms with Gasteiger partial charge in [0, 0.05) is 22.4 Å². The maximum absolute atomic E-state index is 6.03. The number of nitrogens with zero attached hydrogens (tertiary/aromatic N) is 2. The molecule has 2 aliphatic heterocycles. The molecule has 2 atom stereocenters. The van der Waals surface area contributed by atoms with Crippen LogP contribution in [0.15, 0.2) is 47.4 Å². The third-order valence-electron chi connectivity index (χ3n) is 4.92. The highest BCUT2D eigenvalue weighted by atomic mass is 35.5. The molecule has 2 aromatic rings. The number of fused-ring (bicyclic) bond motifs is 3. The van der Waals surface area contributed by atoms with Crippen LogP contribution >= 0.6 is 23.5 Å². The van der Waals surface area contributed by atoms with Crippen LogP contribution in [0.4, 0.5) is 5.69 Å². The average Bonchev–Trinajstić information content (AvgIpc) is 2.82. The van der Waals surface area contributed by atoms with Crippen molar-refractivity contribution < 1.29 is 0 Å². The van der Waals surface area contributed by atoms with Crippen molar-refractivity contribution in [1.82, 2.24) is 4.90 Å². The van der Waals surface area contributed by atoms with E-state index in [1.807, 2.05) is 24.1 Å². The Bertz CT molecular complexity index is 716. The number of aryl methyl sites for hydroxylation is 1. The summed E-state index contributed by atoms with van der Waals surface area (Å²) in [5.74, 6) is 0.614. The molecular formula is C19H21ClN2S. The number of likely N-dealkylation sites (tertiary alicyclic amines) is 1. The fraction of sp³-hybridized carbons (Fsp3) is 0.368. The molecule has 0 amide bonds. The summed E-state index contributed by atoms with van der Waals surface area (Å²) in [6, 6.07) is 15.7. The van der Waals surface area contributed by atoms with Crippen LogP contribution in [0.25, 0.3) is 0 Å². The summed E-state index contributed by atoms with van der Waals surface area (Å²) < 4.78 is 2.54. The van der Waals surface area contributed by atoms with Crippen molar-refractivity contribution in [1.29, 1.82) is 0 Å². The number of hydrogen-bond acceptors (Lipinski definition) is 3. The predicted octanol–water partition coefficient (Wildman–Crippen LogP) is 4.96. The molecule has 2 nitrogen and oxygen atoms in total. The lowest BCUT2D eigenvalue weighted by molar-refractivity contribution is 0.238. The lowest BCUT2D eigenvalue weighted by Crippen LogP contribution is -2.42. The summed E-state index contributed by atoms with van der Waals surface area (Å²) in [6.07, 6.45) is 1.22. The van der Waals surface area contributed by atoms with Crippen molar-refractivity contribution in [3.63, 3.8) is 0 Å². The summed E-state index contributed by atoms with van der Waals surface area (Å²) in [5, 5.41) is 0.795. The molecule has 0 N–H and O–H groups in total. The number of hydrogen-bond donors (Lipinski definition) is 0. The molecule has 2 aromatic carbocycles. The van der Waals surface area contributed by atoms with Crippen LogP contribution in [0.3, 0.4) is 0 Å². The van der Waals surface area contributed by atoms with Gasteiger partial charge in [-0.25, -0.2) is 0 Å². The minimum absolute atomic E-state index is 0.587. The molecular weight excluding hydrogens is 324 g/mol. The van der Waals surface area contributed by atoms with Crippen molar-refractivity contribution in [2.45, 2.75) is 30.2 Å². The van der Waals surface area contributed by atoms with Gasteiger partial charge in [-0.15, -0.1) is 0 Å². The van der Waals surface area contributed by atoms with Crippen molar-refractivity contribution >= 4 is 29.2 Å². The predicted molar refractivity (Wildman–Crippen MR) is 99.6 cm³/mol. The number of rotatable bonds is 2. The molecule has 2 heterocycles. The average molecular weight is 345 g/mol. The van der Waals surface area contributed by atoms with Crippen molar-refractivity contribution in [2.75, 3.05) is 24.4 Å². The van der Waals surface area contributed by atoms with Gasteiger partial charge >= 0.3 is 0 Å². The molecule has 2 aliphatic rings. The molecule has 0 aromatic heterocycles. The van der Waals surface area contributed by atoms with Gasteiger partial charge in [-0.1, -0.05) is 29.3 Å². The SMILES string of the molecule is Cc1ccc2c(c1)[C@@H]1CN(C)CC[C@H]1N2Sc1ccc(Cl)cc1. The summed E-state index contributed by atoms with van der Waals surface area (Å²) in [6.45, 7) is 4.52. The van der Waals surface area contributed by atoms with Crippen LogP contribution in [-0.4, -0.2) is 31.1 Å². The largest absolute Gasteiger partial charge is 0.308 e. The van der Waals surface area contributed by atoms with Crippen LogP contribution in [0.5, 0.6) is 0 Å². The van der Waals surface area contributed by atoms with E-state index in [0.717, 1.165) is 11.6 Å². The topological polar surface area (TPSA) is 6.48 Å². The van der Waals surface area contributed by atoms with Crippen molar-refractivity contribution in [3.05, 3.63) is 58.6 Å². The molecule has 4 rings (SSSR count). The van der Waals surface area contributed by atoms with Gasteiger partial charge < -0.3 is 9.21 Å². The zero-order chi connectivity index (χ0) is 16.0. The first-order valence-electron chi connectivity index (χ1n) is 8.14. The van der Waals surface area contributed by atoms with E-state index >= 15 is 0 Å². The second kappa shape index (κ2) is 6.04. The van der Waals surface area contributed by atoms with E-state index in [2.05, 4.69) is 53.5 Å². The van der Waals surface area contributed by atoms with Crippen LogP contribution in [0.1, 0.15) is 23.5 Å². The molecule has 120 valence electrons. The molecule has 0 spiro atoms. The van der Waals surface area contributed by atoms with Gasteiger partial charge in [-0.2, -0.15) is 0 Å². The fourth-order valence-corrected chi connectivity index (χ4v) is 5.03. The number of halogens is 1. The highest BCUT2D eigenvalue weighted by Gasteiger charge is 2.41. The maximum atomic E-state index is 6.03. The summed E-state index contributed by atoms with van der Waals surface area (Å²) >= 11 is 7.88. The van der Waals surface area contributed by atoms with Crippen LogP contribution in [-0.2, 0) is 0 Å². The lowest BCUT2D eigenvalue weighted by Gasteiger charge is -2.36. The highest BCUT2D eigenvalue weighted by Crippen LogP contribution is 2.49. The third-order valence-corrected chi connectivity index (χ3v) is 6.32. The van der Waals surface area contributed by atoms with Gasteiger partial charge in [-0.3, -0.25) is 0 Å². The van der Waals surface area contributed by atoms with Crippen molar-refractivity contribution in [3.8, 4) is 0 Å². The first-order chi connectivity index (χ1) is 11.1. The Morgan fingerprint density at radius 3 is 2.70 bits per heavy atom. The van der Waals surface area contributed by atoms with Gasteiger partial charge in [0.15, 0.2) is 0 Å². The minimum Gasteiger partial charge on any atom is -0.308 e. The number of piperidine rings is 1. The second-order valence-electron chi connectivity index (χ2n) is 6.66. The van der Waals surface area contributed by atoms with E-state index in [4.69, 9.17) is 11.6 Å². The third kappa shape index (κ3) is 2.86. The Labute approximate surface area is 147 Å². The fourth-order valence-electron chi connectivity index (χ4n) is 3.77. The van der Waals surface area contributed by atoms with E-state index < -0.39 is 0 Å². The Morgan fingerprint density at radius 2 is 1.91 bits per heavy atom. The molecule has 0 radical (unpaired) electrons. The Balaban J connectivity index is 1.70. The maximum Gasteiger partial charge on any atom is 0.0513 e. The molecule has 23 heavy (non-hydrogen) atoms. The molecule has 0 unspecified atom stereocenters. The Morgan fingerprint density at radius 1 is 1.13 bits per heavy atom. The van der Waals surface area contributed by atoms with E-state index in [1.165, 1.54) is 34.7 Å². The number of benzene rings is 2. The van der Waals surface area contributed by atoms with Gasteiger partial charge in [0.25, 0.3) is 0 Å². The van der Waals surface area contributed by atoms with Crippen molar-refractivity contribution in [2.24, 2.45) is 0 Å². The molecule has 0 bridgehead atoms. The van der Waals surface area contributed by atoms with Gasteiger partial charge in [-0.05, 0) is 74.8 Å². The van der Waals surface area contributed by atoms with E-state index in [9.17, 15) is 0 Å². The quantitative estimate of drug-likeness (QED) is 0.711. The number of anilines is 1. The van der Waals surface area contributed by atoms with E-state index in [-0.39, 0.29) is 0 Å². The first-order valence-corrected chi connectivity index (χ1v) is 9.29. The molecule has 0 aliphatic carbocycles. The zero-order valence-electron chi connectivity index (χ0n) is 13.5. The first kappa shape index (κ1) is 15.4. The molecule has 4 heteroatoms. The van der Waals surface area contributed by atoms with Gasteiger partial charge in [0.1, 0.15) is 0 Å². The minimum atomic E-state index is 0.587. The summed E-state index contributed by atoms with van der Waals surface area (Å²) in [5.41, 5.74) is 4.26. The number of likely N-dealkylation sites (N-methyl/N-ethyl adjacent to an activating group) is 1. The Hall–Kier alpha value is -1.16. The van der Waals surface area contributed by atoms with Gasteiger partial charge in [0.2, 0.25) is 0 Å². The van der Waals surface area contributed by atoms with Crippen LogP contribution in [0, 0.1) is 6.92 Å². The summed E-state index contributed by atoms with van der Waals surface area (Å²) in [4.78, 5) is 3.71. The van der Waals surface area contributed by atoms with E-state index in [0.29, 0.717) is 12.0 Å². The Kier molecular flexibility index (Phi) is 4.04. The second-order valence-corrected chi connectivity index (χ2v) is 8.14. The summed E-state index contributed by atoms with van der Waals surface area (Å²) in [7, 11) is 2.24. The standard InChI is InChI=1S/C19H21ClN2S/c1-13-3-8-18-16(11-13)17-12-21(2)10-9-19(17)22(18)23-15-6-4-14(20)5-7-15/h3-8,11,17,19H,9-10,12H2,1-2H3/t17-,19+/m0/s1. The zero-order valence-corrected chi connectivity index (χ0v) is 15.1. The van der Waals surface area contributed by atoms with Crippen LogP contribution < -0.4 is 4.31 Å². The monoisotopic (exact) mass is 344 g/mol. The smallest absolute Gasteiger partial charge is 0.0513 e. The highest BCUT2D eigenvalue weighted by molar-refractivity contribution is 8.00. The lowest BCUT2D eigenvalue weighted by atomic mass is 9.89. The van der Waals surface area contributed by atoms with E-state index in [1.54, 1.807) is 0 Å². The molecule has 1 fully saturated rings. The van der Waals surface area contributed by atoms with Gasteiger partial charge in [0.05, 0.1) is 11.7 Å². The molecule has 0 saturated carbocycles. The normalized spacial score (nSPS) is 23.7.